The molecule has 0 saturated heterocycles. The van der Waals surface area contributed by atoms with Crippen molar-refractivity contribution in [3.63, 3.8) is 0 Å². The summed E-state index contributed by atoms with van der Waals surface area (Å²) in [6.45, 7) is 20.2. The van der Waals surface area contributed by atoms with E-state index in [4.69, 9.17) is 0 Å². The Bertz CT molecular complexity index is 882. The summed E-state index contributed by atoms with van der Waals surface area (Å²) in [7, 11) is 0. The van der Waals surface area contributed by atoms with Crippen LogP contribution >= 0.6 is 0 Å². The first-order chi connectivity index (χ1) is 17.8. The van der Waals surface area contributed by atoms with Gasteiger partial charge in [0.05, 0.1) is 6.10 Å². The van der Waals surface area contributed by atoms with Crippen LogP contribution in [0.3, 0.4) is 0 Å². The van der Waals surface area contributed by atoms with Gasteiger partial charge in [-0.1, -0.05) is 85.8 Å². The van der Waals surface area contributed by atoms with E-state index in [2.05, 4.69) is 60.7 Å². The maximum Gasteiger partial charge on any atom is 0.0594 e. The van der Waals surface area contributed by atoms with Crippen LogP contribution in [0.5, 0.6) is 0 Å². The summed E-state index contributed by atoms with van der Waals surface area (Å²) in [5.74, 6) is 3.03. The summed E-state index contributed by atoms with van der Waals surface area (Å²) in [6, 6.07) is 1.45. The highest BCUT2D eigenvalue weighted by Gasteiger charge is 2.63. The standard InChI is InChI=1S/C36H63NO/c1-24(2)30(37-26-12-10-9-11-13-26)16-14-25(3)27-18-22-36(8)29-15-17-31-33(4,5)32(38)20-21-34(31,6)28(29)19-23-35(27,36)7/h24-27,30-32,37-38H,9-23H2,1-8H3/t25-,27-,30?,31+,32+,34-,35-,36+/m1/s1. The molecule has 1 unspecified atom stereocenters. The van der Waals surface area contributed by atoms with E-state index in [1.807, 2.05) is 11.1 Å². The van der Waals surface area contributed by atoms with Crippen LogP contribution in [0.4, 0.5) is 0 Å². The molecule has 0 radical (unpaired) electrons. The zero-order valence-corrected chi connectivity index (χ0v) is 26.6. The molecule has 0 aromatic carbocycles. The molecule has 5 aliphatic carbocycles. The first-order valence-electron chi connectivity index (χ1n) is 17.0. The number of nitrogens with one attached hydrogen (secondary N) is 1. The molecule has 38 heavy (non-hydrogen) atoms. The number of rotatable bonds is 7. The first-order valence-corrected chi connectivity index (χ1v) is 17.0. The molecular weight excluding hydrogens is 462 g/mol. The summed E-state index contributed by atoms with van der Waals surface area (Å²) in [5.41, 5.74) is 4.93. The second-order valence-electron chi connectivity index (χ2n) is 16.6. The van der Waals surface area contributed by atoms with Crippen LogP contribution in [0.2, 0.25) is 0 Å². The molecule has 0 amide bonds. The fourth-order valence-corrected chi connectivity index (χ4v) is 11.5. The number of hydrogen-bond donors (Lipinski definition) is 2. The van der Waals surface area contributed by atoms with Crippen molar-refractivity contribution in [2.45, 2.75) is 170 Å². The Hall–Kier alpha value is -0.340. The Morgan fingerprint density at radius 2 is 1.50 bits per heavy atom. The van der Waals surface area contributed by atoms with Crippen LogP contribution in [-0.4, -0.2) is 23.3 Å². The van der Waals surface area contributed by atoms with Crippen LogP contribution in [0.15, 0.2) is 11.1 Å². The van der Waals surface area contributed by atoms with Gasteiger partial charge < -0.3 is 10.4 Å². The molecular formula is C36H63NO. The molecule has 5 rings (SSSR count). The molecule has 5 aliphatic rings. The van der Waals surface area contributed by atoms with E-state index in [1.54, 1.807) is 0 Å². The molecule has 0 aromatic rings. The normalized spacial score (nSPS) is 42.9. The van der Waals surface area contributed by atoms with Gasteiger partial charge in [-0.15, -0.1) is 0 Å². The van der Waals surface area contributed by atoms with Gasteiger partial charge in [-0.3, -0.25) is 0 Å². The van der Waals surface area contributed by atoms with Gasteiger partial charge in [0.15, 0.2) is 0 Å². The highest BCUT2D eigenvalue weighted by atomic mass is 16.3. The number of aliphatic hydroxyl groups excluding tert-OH is 1. The van der Waals surface area contributed by atoms with Crippen LogP contribution in [0, 0.1) is 45.3 Å². The molecule has 0 aromatic heterocycles. The fraction of sp³-hybridized carbons (Fsp3) is 0.944. The zero-order valence-electron chi connectivity index (χ0n) is 26.6. The number of hydrogen-bond acceptors (Lipinski definition) is 2. The summed E-state index contributed by atoms with van der Waals surface area (Å²) >= 11 is 0. The summed E-state index contributed by atoms with van der Waals surface area (Å²) in [6.07, 6.45) is 20.0. The molecule has 0 heterocycles. The molecule has 2 heteroatoms. The Labute approximate surface area is 236 Å². The van der Waals surface area contributed by atoms with Crippen molar-refractivity contribution in [3.05, 3.63) is 11.1 Å². The Morgan fingerprint density at radius 1 is 0.789 bits per heavy atom. The molecule has 218 valence electrons. The lowest BCUT2D eigenvalue weighted by molar-refractivity contribution is -0.0962. The Morgan fingerprint density at radius 3 is 2.18 bits per heavy atom. The van der Waals surface area contributed by atoms with Gasteiger partial charge in [-0.05, 0) is 122 Å². The van der Waals surface area contributed by atoms with Crippen LogP contribution in [-0.2, 0) is 0 Å². The largest absolute Gasteiger partial charge is 0.393 e. The number of fused-ring (bicyclic) bond motifs is 4. The van der Waals surface area contributed by atoms with Crippen molar-refractivity contribution in [1.82, 2.24) is 5.32 Å². The fourth-order valence-electron chi connectivity index (χ4n) is 11.5. The van der Waals surface area contributed by atoms with Gasteiger partial charge >= 0.3 is 0 Å². The number of allylic oxidation sites excluding steroid dienone is 2. The summed E-state index contributed by atoms with van der Waals surface area (Å²) in [5, 5.41) is 15.0. The lowest BCUT2D eigenvalue weighted by Crippen LogP contribution is -2.55. The third kappa shape index (κ3) is 4.59. The Kier molecular flexibility index (Phi) is 8.05. The summed E-state index contributed by atoms with van der Waals surface area (Å²) < 4.78 is 0. The van der Waals surface area contributed by atoms with Gasteiger partial charge in [-0.2, -0.15) is 0 Å². The van der Waals surface area contributed by atoms with Gasteiger partial charge in [0.2, 0.25) is 0 Å². The van der Waals surface area contributed by atoms with Gasteiger partial charge in [-0.25, -0.2) is 0 Å². The van der Waals surface area contributed by atoms with E-state index >= 15 is 0 Å². The molecule has 3 saturated carbocycles. The second kappa shape index (κ2) is 10.5. The van der Waals surface area contributed by atoms with Crippen molar-refractivity contribution < 1.29 is 5.11 Å². The predicted molar refractivity (Wildman–Crippen MR) is 162 cm³/mol. The molecule has 2 N–H and O–H groups in total. The van der Waals surface area contributed by atoms with Gasteiger partial charge in [0.1, 0.15) is 0 Å². The molecule has 8 atom stereocenters. The molecule has 2 nitrogen and oxygen atoms in total. The lowest BCUT2D eigenvalue weighted by atomic mass is 9.43. The Balaban J connectivity index is 1.31. The maximum absolute atomic E-state index is 10.9. The van der Waals surface area contributed by atoms with Crippen LogP contribution in [0.1, 0.15) is 152 Å². The van der Waals surface area contributed by atoms with Gasteiger partial charge in [0, 0.05) is 12.1 Å². The van der Waals surface area contributed by atoms with Crippen molar-refractivity contribution in [2.24, 2.45) is 45.3 Å². The highest BCUT2D eigenvalue weighted by Crippen LogP contribution is 2.72. The average Bonchev–Trinajstić information content (AvgIpc) is 3.16. The number of aliphatic hydroxyl groups is 1. The van der Waals surface area contributed by atoms with E-state index in [-0.39, 0.29) is 11.5 Å². The van der Waals surface area contributed by atoms with Crippen molar-refractivity contribution >= 4 is 0 Å². The lowest BCUT2D eigenvalue weighted by Gasteiger charge is -2.62. The molecule has 0 aliphatic heterocycles. The molecule has 0 spiro atoms. The topological polar surface area (TPSA) is 32.3 Å². The minimum Gasteiger partial charge on any atom is -0.393 e. The monoisotopic (exact) mass is 525 g/mol. The van der Waals surface area contributed by atoms with E-state index in [9.17, 15) is 5.11 Å². The molecule has 0 bridgehead atoms. The average molecular weight is 526 g/mol. The second-order valence-corrected chi connectivity index (χ2v) is 16.6. The van der Waals surface area contributed by atoms with E-state index in [1.165, 1.54) is 89.9 Å². The van der Waals surface area contributed by atoms with Crippen molar-refractivity contribution in [1.29, 1.82) is 0 Å². The van der Waals surface area contributed by atoms with Crippen molar-refractivity contribution in [2.75, 3.05) is 0 Å². The zero-order chi connectivity index (χ0) is 27.5. The highest BCUT2D eigenvalue weighted by molar-refractivity contribution is 5.38. The maximum atomic E-state index is 10.9. The van der Waals surface area contributed by atoms with E-state index in [0.717, 1.165) is 30.2 Å². The predicted octanol–water partition coefficient (Wildman–Crippen LogP) is 9.46. The van der Waals surface area contributed by atoms with E-state index < -0.39 is 0 Å². The third-order valence-electron chi connectivity index (χ3n) is 14.3. The minimum atomic E-state index is -0.133. The van der Waals surface area contributed by atoms with Crippen LogP contribution in [0.25, 0.3) is 0 Å². The van der Waals surface area contributed by atoms with Crippen molar-refractivity contribution in [3.8, 4) is 0 Å². The SMILES string of the molecule is CC(C)C(CC[C@@H](C)[C@H]1CC[C@@]2(C)C3=C(CC[C@]12C)[C@@]1(C)CC[C@H](O)C(C)(C)[C@@H]1CC3)NC1CCCCC1. The molecule has 3 fully saturated rings. The third-order valence-corrected chi connectivity index (χ3v) is 14.3. The van der Waals surface area contributed by atoms with E-state index in [0.29, 0.717) is 28.2 Å². The quantitative estimate of drug-likeness (QED) is 0.324. The van der Waals surface area contributed by atoms with Gasteiger partial charge in [0.25, 0.3) is 0 Å². The first kappa shape index (κ1) is 29.2. The minimum absolute atomic E-state index is 0.0402. The smallest absolute Gasteiger partial charge is 0.0594 e. The van der Waals surface area contributed by atoms with Crippen LogP contribution < -0.4 is 5.32 Å². The summed E-state index contributed by atoms with van der Waals surface area (Å²) in [4.78, 5) is 0.